The van der Waals surface area contributed by atoms with Gasteiger partial charge in [-0.1, -0.05) is 0 Å². The summed E-state index contributed by atoms with van der Waals surface area (Å²) < 4.78 is 18.4. The van der Waals surface area contributed by atoms with Gasteiger partial charge < -0.3 is 20.4 Å². The highest BCUT2D eigenvalue weighted by atomic mass is 19.1. The fourth-order valence-corrected chi connectivity index (χ4v) is 1.93. The topological polar surface area (TPSA) is 87.8 Å². The predicted molar refractivity (Wildman–Crippen MR) is 77.5 cm³/mol. The van der Waals surface area contributed by atoms with E-state index in [1.807, 2.05) is 0 Å². The highest BCUT2D eigenvalue weighted by molar-refractivity contribution is 5.86. The van der Waals surface area contributed by atoms with Gasteiger partial charge in [0.15, 0.2) is 11.5 Å². The zero-order valence-electron chi connectivity index (χ0n) is 11.4. The number of rotatable bonds is 4. The van der Waals surface area contributed by atoms with Crippen LogP contribution in [0.2, 0.25) is 0 Å². The molecule has 2 heterocycles. The smallest absolute Gasteiger partial charge is 0.226 e. The van der Waals surface area contributed by atoms with Crippen molar-refractivity contribution in [2.24, 2.45) is 0 Å². The third kappa shape index (κ3) is 2.42. The van der Waals surface area contributed by atoms with Crippen molar-refractivity contribution in [3.63, 3.8) is 0 Å². The molecule has 0 aliphatic carbocycles. The maximum atomic E-state index is 13.2. The fourth-order valence-electron chi connectivity index (χ4n) is 1.93. The molecule has 8 heteroatoms. The number of H-pyrrole nitrogens is 1. The number of fused-ring (bicyclic) bond motifs is 1. The number of anilines is 3. The van der Waals surface area contributed by atoms with Gasteiger partial charge in [0, 0.05) is 13.1 Å². The summed E-state index contributed by atoms with van der Waals surface area (Å²) in [4.78, 5) is 15.6. The molecular formula is C13H13FN6O. The van der Waals surface area contributed by atoms with Crippen LogP contribution in [-0.4, -0.2) is 34.1 Å². The molecule has 108 valence electrons. The number of imidazole rings is 1. The molecular weight excluding hydrogens is 275 g/mol. The van der Waals surface area contributed by atoms with E-state index in [4.69, 9.17) is 4.74 Å². The van der Waals surface area contributed by atoms with Gasteiger partial charge in [-0.2, -0.15) is 9.97 Å². The molecule has 3 aromatic rings. The molecule has 0 radical (unpaired) electrons. The number of hydrogen-bond acceptors (Lipinski definition) is 6. The number of ether oxygens (including phenoxy) is 1. The van der Waals surface area contributed by atoms with E-state index in [1.165, 1.54) is 25.6 Å². The summed E-state index contributed by atoms with van der Waals surface area (Å²) in [5, 5.41) is 5.97. The second-order valence-corrected chi connectivity index (χ2v) is 4.22. The van der Waals surface area contributed by atoms with E-state index < -0.39 is 0 Å². The third-order valence-electron chi connectivity index (χ3n) is 2.93. The first-order valence-corrected chi connectivity index (χ1v) is 6.20. The molecule has 0 aliphatic heterocycles. The van der Waals surface area contributed by atoms with Crippen LogP contribution in [0.15, 0.2) is 24.5 Å². The molecule has 3 rings (SSSR count). The Bertz CT molecular complexity index is 787. The minimum Gasteiger partial charge on any atom is -0.494 e. The van der Waals surface area contributed by atoms with Crippen LogP contribution in [0.3, 0.4) is 0 Å². The van der Waals surface area contributed by atoms with Crippen LogP contribution in [0.4, 0.5) is 21.8 Å². The number of halogens is 1. The molecule has 2 aromatic heterocycles. The average molecular weight is 288 g/mol. The summed E-state index contributed by atoms with van der Waals surface area (Å²) in [5.41, 5.74) is 1.77. The number of aromatic amines is 1. The molecule has 3 N–H and O–H groups in total. The van der Waals surface area contributed by atoms with E-state index >= 15 is 0 Å². The van der Waals surface area contributed by atoms with Gasteiger partial charge in [-0.15, -0.1) is 0 Å². The van der Waals surface area contributed by atoms with Gasteiger partial charge in [0.05, 0.1) is 19.1 Å². The SMILES string of the molecule is CNc1nc(Nc2ccc(F)cc2OC)c2[nH]cnc2n1. The second-order valence-electron chi connectivity index (χ2n) is 4.22. The van der Waals surface area contributed by atoms with Gasteiger partial charge in [-0.3, -0.25) is 0 Å². The van der Waals surface area contributed by atoms with E-state index in [0.717, 1.165) is 0 Å². The van der Waals surface area contributed by atoms with Crippen LogP contribution in [0.5, 0.6) is 5.75 Å². The standard InChI is InChI=1S/C13H13FN6O/c1-15-13-19-11-10(16-6-17-11)12(20-13)18-8-4-3-7(14)5-9(8)21-2/h3-6H,1-2H3,(H3,15,16,17,18,19,20). The summed E-state index contributed by atoms with van der Waals surface area (Å²) in [6.07, 6.45) is 1.53. The zero-order chi connectivity index (χ0) is 14.8. The Balaban J connectivity index is 2.07. The predicted octanol–water partition coefficient (Wildman–Crippen LogP) is 2.29. The van der Waals surface area contributed by atoms with Crippen LogP contribution in [0.1, 0.15) is 0 Å². The van der Waals surface area contributed by atoms with Crippen LogP contribution in [0, 0.1) is 5.82 Å². The Morgan fingerprint density at radius 2 is 2.14 bits per heavy atom. The lowest BCUT2D eigenvalue weighted by Gasteiger charge is -2.11. The van der Waals surface area contributed by atoms with Gasteiger partial charge in [-0.25, -0.2) is 9.37 Å². The Labute approximate surface area is 119 Å². The second kappa shape index (κ2) is 5.23. The van der Waals surface area contributed by atoms with Gasteiger partial charge in [0.2, 0.25) is 5.95 Å². The van der Waals surface area contributed by atoms with Crippen molar-refractivity contribution in [2.45, 2.75) is 0 Å². The monoisotopic (exact) mass is 288 g/mol. The van der Waals surface area contributed by atoms with Crippen LogP contribution < -0.4 is 15.4 Å². The molecule has 0 amide bonds. The zero-order valence-corrected chi connectivity index (χ0v) is 11.4. The molecule has 21 heavy (non-hydrogen) atoms. The fraction of sp³-hybridized carbons (Fsp3) is 0.154. The summed E-state index contributed by atoms with van der Waals surface area (Å²) in [5.74, 6) is 0.958. The largest absolute Gasteiger partial charge is 0.494 e. The number of nitrogens with one attached hydrogen (secondary N) is 3. The molecule has 0 aliphatic rings. The Morgan fingerprint density at radius 1 is 1.29 bits per heavy atom. The summed E-state index contributed by atoms with van der Waals surface area (Å²) in [6.45, 7) is 0. The molecule has 1 aromatic carbocycles. The normalized spacial score (nSPS) is 10.6. The van der Waals surface area contributed by atoms with E-state index in [1.54, 1.807) is 13.1 Å². The molecule has 0 spiro atoms. The van der Waals surface area contributed by atoms with Crippen LogP contribution in [0.25, 0.3) is 11.2 Å². The first-order chi connectivity index (χ1) is 10.2. The van der Waals surface area contributed by atoms with Crippen molar-refractivity contribution in [1.29, 1.82) is 0 Å². The Morgan fingerprint density at radius 3 is 2.90 bits per heavy atom. The maximum absolute atomic E-state index is 13.2. The first-order valence-electron chi connectivity index (χ1n) is 6.20. The lowest BCUT2D eigenvalue weighted by atomic mass is 10.2. The average Bonchev–Trinajstić information content (AvgIpc) is 2.97. The number of nitrogens with zero attached hydrogens (tertiary/aromatic N) is 3. The van der Waals surface area contributed by atoms with Crippen molar-refractivity contribution < 1.29 is 9.13 Å². The van der Waals surface area contributed by atoms with Crippen molar-refractivity contribution >= 4 is 28.6 Å². The van der Waals surface area contributed by atoms with Crippen LogP contribution in [-0.2, 0) is 0 Å². The van der Waals surface area contributed by atoms with Crippen molar-refractivity contribution in [1.82, 2.24) is 19.9 Å². The van der Waals surface area contributed by atoms with Crippen LogP contribution >= 0.6 is 0 Å². The van der Waals surface area contributed by atoms with E-state index in [0.29, 0.717) is 34.4 Å². The first kappa shape index (κ1) is 13.1. The summed E-state index contributed by atoms with van der Waals surface area (Å²) >= 11 is 0. The van der Waals surface area contributed by atoms with Gasteiger partial charge >= 0.3 is 0 Å². The van der Waals surface area contributed by atoms with Gasteiger partial charge in [0.1, 0.15) is 17.1 Å². The molecule has 0 bridgehead atoms. The molecule has 0 unspecified atom stereocenters. The molecule has 0 saturated carbocycles. The minimum atomic E-state index is -0.373. The molecule has 7 nitrogen and oxygen atoms in total. The lowest BCUT2D eigenvalue weighted by Crippen LogP contribution is -2.03. The van der Waals surface area contributed by atoms with Gasteiger partial charge in [0.25, 0.3) is 0 Å². The van der Waals surface area contributed by atoms with E-state index in [9.17, 15) is 4.39 Å². The van der Waals surface area contributed by atoms with Crippen molar-refractivity contribution in [2.75, 3.05) is 24.8 Å². The number of methoxy groups -OCH3 is 1. The Hall–Kier alpha value is -2.90. The maximum Gasteiger partial charge on any atom is 0.226 e. The minimum absolute atomic E-state index is 0.373. The van der Waals surface area contributed by atoms with E-state index in [-0.39, 0.29) is 5.82 Å². The van der Waals surface area contributed by atoms with E-state index in [2.05, 4.69) is 30.6 Å². The summed E-state index contributed by atoms with van der Waals surface area (Å²) in [6, 6.07) is 4.22. The number of hydrogen-bond donors (Lipinski definition) is 3. The highest BCUT2D eigenvalue weighted by Crippen LogP contribution is 2.30. The quantitative estimate of drug-likeness (QED) is 0.682. The highest BCUT2D eigenvalue weighted by Gasteiger charge is 2.12. The van der Waals surface area contributed by atoms with Crippen molar-refractivity contribution in [3.05, 3.63) is 30.3 Å². The molecule has 0 atom stereocenters. The Kier molecular flexibility index (Phi) is 3.27. The lowest BCUT2D eigenvalue weighted by molar-refractivity contribution is 0.413. The van der Waals surface area contributed by atoms with Crippen molar-refractivity contribution in [3.8, 4) is 5.75 Å². The number of aromatic nitrogens is 4. The van der Waals surface area contributed by atoms with Gasteiger partial charge in [-0.05, 0) is 12.1 Å². The molecule has 0 saturated heterocycles. The summed E-state index contributed by atoms with van der Waals surface area (Å²) in [7, 11) is 3.20. The molecule has 0 fully saturated rings. The number of benzene rings is 1. The third-order valence-corrected chi connectivity index (χ3v) is 2.93.